The van der Waals surface area contributed by atoms with Gasteiger partial charge >= 0.3 is 0 Å². The van der Waals surface area contributed by atoms with Crippen molar-refractivity contribution < 1.29 is 4.79 Å². The Morgan fingerprint density at radius 2 is 1.89 bits per heavy atom. The molecule has 3 aromatic rings. The highest BCUT2D eigenvalue weighted by Gasteiger charge is 2.18. The summed E-state index contributed by atoms with van der Waals surface area (Å²) in [5.41, 5.74) is 2.67. The number of para-hydroxylation sites is 1. The van der Waals surface area contributed by atoms with Crippen LogP contribution in [0.5, 0.6) is 0 Å². The standard InChI is InChI=1S/C21H26N6O/c1-2-16-9-5-6-10-18(16)25-19(28)14-27-21-17(13-24-27)20(22-15-23-21)26-11-7-3-4-8-12-26/h5-6,9-10,13,15H,2-4,7-8,11-12,14H2,1H3,(H,25,28). The van der Waals surface area contributed by atoms with E-state index in [1.54, 1.807) is 17.2 Å². The van der Waals surface area contributed by atoms with E-state index >= 15 is 0 Å². The molecule has 4 rings (SSSR count). The zero-order chi connectivity index (χ0) is 19.3. The largest absolute Gasteiger partial charge is 0.356 e. The van der Waals surface area contributed by atoms with Gasteiger partial charge < -0.3 is 10.2 Å². The lowest BCUT2D eigenvalue weighted by atomic mass is 10.1. The molecule has 1 aliphatic heterocycles. The van der Waals surface area contributed by atoms with Crippen molar-refractivity contribution in [3.05, 3.63) is 42.4 Å². The second-order valence-corrected chi connectivity index (χ2v) is 7.20. The molecular weight excluding hydrogens is 352 g/mol. The van der Waals surface area contributed by atoms with Gasteiger partial charge in [0.25, 0.3) is 0 Å². The van der Waals surface area contributed by atoms with Crippen molar-refractivity contribution in [1.29, 1.82) is 0 Å². The highest BCUT2D eigenvalue weighted by atomic mass is 16.2. The maximum absolute atomic E-state index is 12.6. The van der Waals surface area contributed by atoms with E-state index in [4.69, 9.17) is 0 Å². The van der Waals surface area contributed by atoms with Gasteiger partial charge in [0.15, 0.2) is 5.65 Å². The number of rotatable bonds is 5. The van der Waals surface area contributed by atoms with Gasteiger partial charge in [-0.2, -0.15) is 5.10 Å². The molecule has 0 unspecified atom stereocenters. The number of hydrogen-bond acceptors (Lipinski definition) is 5. The fourth-order valence-corrected chi connectivity index (χ4v) is 3.81. The van der Waals surface area contributed by atoms with E-state index in [2.05, 4.69) is 32.2 Å². The van der Waals surface area contributed by atoms with E-state index in [-0.39, 0.29) is 12.5 Å². The van der Waals surface area contributed by atoms with Gasteiger partial charge in [-0.05, 0) is 30.9 Å². The van der Waals surface area contributed by atoms with Crippen LogP contribution in [0.1, 0.15) is 38.2 Å². The molecule has 3 heterocycles. The number of aromatic nitrogens is 4. The number of nitrogens with one attached hydrogen (secondary N) is 1. The number of carbonyl (C=O) groups is 1. The fourth-order valence-electron chi connectivity index (χ4n) is 3.81. The molecule has 2 aromatic heterocycles. The lowest BCUT2D eigenvalue weighted by Gasteiger charge is -2.21. The summed E-state index contributed by atoms with van der Waals surface area (Å²) >= 11 is 0. The topological polar surface area (TPSA) is 75.9 Å². The summed E-state index contributed by atoms with van der Waals surface area (Å²) in [6.45, 7) is 4.21. The number of anilines is 2. The minimum atomic E-state index is -0.110. The first-order valence-corrected chi connectivity index (χ1v) is 10.1. The monoisotopic (exact) mass is 378 g/mol. The Labute approximate surface area is 164 Å². The average Bonchev–Trinajstić information content (AvgIpc) is 2.94. The number of benzene rings is 1. The Hall–Kier alpha value is -2.96. The van der Waals surface area contributed by atoms with Gasteiger partial charge in [-0.15, -0.1) is 0 Å². The molecule has 146 valence electrons. The van der Waals surface area contributed by atoms with Crippen LogP contribution in [0.25, 0.3) is 11.0 Å². The van der Waals surface area contributed by atoms with Crippen LogP contribution in [-0.4, -0.2) is 38.7 Å². The molecule has 1 N–H and O–H groups in total. The summed E-state index contributed by atoms with van der Waals surface area (Å²) in [7, 11) is 0. The van der Waals surface area contributed by atoms with Crippen molar-refractivity contribution >= 4 is 28.4 Å². The molecule has 0 bridgehead atoms. The second kappa shape index (κ2) is 8.37. The van der Waals surface area contributed by atoms with Gasteiger partial charge in [0.05, 0.1) is 11.6 Å². The summed E-state index contributed by atoms with van der Waals surface area (Å²) in [4.78, 5) is 23.8. The molecule has 1 amide bonds. The minimum absolute atomic E-state index is 0.110. The first-order valence-electron chi connectivity index (χ1n) is 10.1. The van der Waals surface area contributed by atoms with Crippen molar-refractivity contribution in [2.24, 2.45) is 0 Å². The molecule has 0 atom stereocenters. The molecule has 7 heteroatoms. The Kier molecular flexibility index (Phi) is 5.50. The normalized spacial score (nSPS) is 14.8. The zero-order valence-electron chi connectivity index (χ0n) is 16.3. The number of amides is 1. The van der Waals surface area contributed by atoms with E-state index in [9.17, 15) is 4.79 Å². The van der Waals surface area contributed by atoms with Gasteiger partial charge in [-0.25, -0.2) is 14.6 Å². The lowest BCUT2D eigenvalue weighted by Crippen LogP contribution is -2.25. The third-order valence-electron chi connectivity index (χ3n) is 5.28. The summed E-state index contributed by atoms with van der Waals surface area (Å²) < 4.78 is 1.65. The Morgan fingerprint density at radius 1 is 1.11 bits per heavy atom. The Morgan fingerprint density at radius 3 is 2.68 bits per heavy atom. The maximum Gasteiger partial charge on any atom is 0.246 e. The molecule has 1 aromatic carbocycles. The number of nitrogens with zero attached hydrogens (tertiary/aromatic N) is 5. The summed E-state index contributed by atoms with van der Waals surface area (Å²) in [6.07, 6.45) is 9.12. The molecular formula is C21H26N6O. The molecule has 0 aliphatic carbocycles. The lowest BCUT2D eigenvalue weighted by molar-refractivity contribution is -0.116. The van der Waals surface area contributed by atoms with Gasteiger partial charge in [0.2, 0.25) is 5.91 Å². The highest BCUT2D eigenvalue weighted by molar-refractivity contribution is 5.93. The van der Waals surface area contributed by atoms with Gasteiger partial charge in [-0.1, -0.05) is 38.0 Å². The van der Waals surface area contributed by atoms with Crippen LogP contribution < -0.4 is 10.2 Å². The van der Waals surface area contributed by atoms with Crippen molar-refractivity contribution in [1.82, 2.24) is 19.7 Å². The first kappa shape index (κ1) is 18.4. The average molecular weight is 378 g/mol. The predicted octanol–water partition coefficient (Wildman–Crippen LogP) is 3.41. The smallest absolute Gasteiger partial charge is 0.246 e. The highest BCUT2D eigenvalue weighted by Crippen LogP contribution is 2.25. The second-order valence-electron chi connectivity index (χ2n) is 7.20. The van der Waals surface area contributed by atoms with Crippen LogP contribution in [0, 0.1) is 0 Å². The number of aryl methyl sites for hydroxylation is 1. The summed E-state index contributed by atoms with van der Waals surface area (Å²) in [6, 6.07) is 7.87. The van der Waals surface area contributed by atoms with E-state index in [0.717, 1.165) is 42.0 Å². The molecule has 1 saturated heterocycles. The zero-order valence-corrected chi connectivity index (χ0v) is 16.3. The van der Waals surface area contributed by atoms with E-state index in [0.29, 0.717) is 5.65 Å². The number of fused-ring (bicyclic) bond motifs is 1. The quantitative estimate of drug-likeness (QED) is 0.736. The van der Waals surface area contributed by atoms with Crippen molar-refractivity contribution in [3.63, 3.8) is 0 Å². The van der Waals surface area contributed by atoms with Crippen LogP contribution in [0.3, 0.4) is 0 Å². The van der Waals surface area contributed by atoms with Crippen LogP contribution in [-0.2, 0) is 17.8 Å². The molecule has 0 spiro atoms. The molecule has 0 radical (unpaired) electrons. The molecule has 28 heavy (non-hydrogen) atoms. The summed E-state index contributed by atoms with van der Waals surface area (Å²) in [5, 5.41) is 8.33. The number of hydrogen-bond donors (Lipinski definition) is 1. The summed E-state index contributed by atoms with van der Waals surface area (Å²) in [5.74, 6) is 0.815. The van der Waals surface area contributed by atoms with Crippen LogP contribution in [0.15, 0.2) is 36.8 Å². The SMILES string of the molecule is CCc1ccccc1NC(=O)Cn1ncc2c(N3CCCCCC3)ncnc21. The third-order valence-corrected chi connectivity index (χ3v) is 5.28. The van der Waals surface area contributed by atoms with Crippen LogP contribution in [0.4, 0.5) is 11.5 Å². The van der Waals surface area contributed by atoms with E-state index in [1.165, 1.54) is 25.7 Å². The van der Waals surface area contributed by atoms with Gasteiger partial charge in [0.1, 0.15) is 18.7 Å². The van der Waals surface area contributed by atoms with E-state index in [1.807, 2.05) is 24.3 Å². The predicted molar refractivity (Wildman–Crippen MR) is 110 cm³/mol. The molecule has 0 saturated carbocycles. The molecule has 7 nitrogen and oxygen atoms in total. The van der Waals surface area contributed by atoms with E-state index < -0.39 is 0 Å². The molecule has 1 aliphatic rings. The Balaban J connectivity index is 1.54. The molecule has 1 fully saturated rings. The fraction of sp³-hybridized carbons (Fsp3) is 0.429. The number of carbonyl (C=O) groups excluding carboxylic acids is 1. The third kappa shape index (κ3) is 3.83. The van der Waals surface area contributed by atoms with Crippen molar-refractivity contribution in [2.75, 3.05) is 23.3 Å². The van der Waals surface area contributed by atoms with Crippen LogP contribution >= 0.6 is 0 Å². The Bertz CT molecular complexity index is 958. The first-order chi connectivity index (χ1) is 13.8. The van der Waals surface area contributed by atoms with Gasteiger partial charge in [-0.3, -0.25) is 4.79 Å². The van der Waals surface area contributed by atoms with Crippen molar-refractivity contribution in [3.8, 4) is 0 Å². The van der Waals surface area contributed by atoms with Crippen LogP contribution in [0.2, 0.25) is 0 Å². The van der Waals surface area contributed by atoms with Crippen molar-refractivity contribution in [2.45, 2.75) is 45.6 Å². The maximum atomic E-state index is 12.6. The minimum Gasteiger partial charge on any atom is -0.356 e. The van der Waals surface area contributed by atoms with Gasteiger partial charge in [0, 0.05) is 18.8 Å².